The van der Waals surface area contributed by atoms with Crippen LogP contribution in [0, 0.1) is 13.8 Å². The third-order valence-electron chi connectivity index (χ3n) is 4.83. The standard InChI is InChI=1S/C17H22N2OS/c1-11-9-15(12(2)18(11)4)16(20)10-19-7-5-17-14(13(19)3)6-8-21-17/h6,8-9,13H,5,7,10H2,1-4H3. The molecule has 1 atom stereocenters. The van der Waals surface area contributed by atoms with Crippen LogP contribution in [0.25, 0.3) is 0 Å². The van der Waals surface area contributed by atoms with E-state index in [2.05, 4.69) is 27.8 Å². The molecule has 0 amide bonds. The second-order valence-corrected chi connectivity index (χ2v) is 6.96. The van der Waals surface area contributed by atoms with Gasteiger partial charge < -0.3 is 4.57 Å². The molecular weight excluding hydrogens is 280 g/mol. The van der Waals surface area contributed by atoms with Gasteiger partial charge in [-0.1, -0.05) is 0 Å². The van der Waals surface area contributed by atoms with Crippen molar-refractivity contribution >= 4 is 17.1 Å². The molecule has 0 spiro atoms. The minimum absolute atomic E-state index is 0.238. The molecule has 0 aliphatic carbocycles. The molecule has 112 valence electrons. The van der Waals surface area contributed by atoms with Crippen molar-refractivity contribution in [2.24, 2.45) is 7.05 Å². The number of carbonyl (C=O) groups is 1. The van der Waals surface area contributed by atoms with Crippen molar-refractivity contribution in [3.63, 3.8) is 0 Å². The Bertz CT molecular complexity index is 683. The van der Waals surface area contributed by atoms with E-state index in [-0.39, 0.29) is 5.78 Å². The molecule has 2 aromatic heterocycles. The SMILES string of the molecule is Cc1cc(C(=O)CN2CCc3sccc3C2C)c(C)n1C. The zero-order chi connectivity index (χ0) is 15.1. The molecule has 1 unspecified atom stereocenters. The molecule has 3 rings (SSSR count). The number of rotatable bonds is 3. The van der Waals surface area contributed by atoms with Crippen LogP contribution in [0.4, 0.5) is 0 Å². The zero-order valence-corrected chi connectivity index (χ0v) is 14.0. The third kappa shape index (κ3) is 2.47. The molecule has 3 heterocycles. The van der Waals surface area contributed by atoms with Gasteiger partial charge in [0.25, 0.3) is 0 Å². The maximum Gasteiger partial charge on any atom is 0.178 e. The van der Waals surface area contributed by atoms with E-state index in [1.165, 1.54) is 10.4 Å². The molecule has 0 saturated heterocycles. The maximum atomic E-state index is 12.6. The molecule has 1 aliphatic heterocycles. The molecule has 1 aliphatic rings. The zero-order valence-electron chi connectivity index (χ0n) is 13.1. The second kappa shape index (κ2) is 5.43. The van der Waals surface area contributed by atoms with E-state index < -0.39 is 0 Å². The van der Waals surface area contributed by atoms with Gasteiger partial charge >= 0.3 is 0 Å². The summed E-state index contributed by atoms with van der Waals surface area (Å²) in [6.07, 6.45) is 1.07. The minimum atomic E-state index is 0.238. The topological polar surface area (TPSA) is 25.2 Å². The quantitative estimate of drug-likeness (QED) is 0.811. The first-order chi connectivity index (χ1) is 9.99. The Balaban J connectivity index is 1.78. The Kier molecular flexibility index (Phi) is 3.76. The van der Waals surface area contributed by atoms with Crippen LogP contribution in [0.5, 0.6) is 0 Å². The Morgan fingerprint density at radius 2 is 2.19 bits per heavy atom. The lowest BCUT2D eigenvalue weighted by atomic mass is 10.0. The lowest BCUT2D eigenvalue weighted by Gasteiger charge is -2.32. The van der Waals surface area contributed by atoms with Crippen molar-refractivity contribution in [2.45, 2.75) is 33.2 Å². The molecule has 0 bridgehead atoms. The van der Waals surface area contributed by atoms with Crippen LogP contribution in [-0.2, 0) is 13.5 Å². The van der Waals surface area contributed by atoms with E-state index >= 15 is 0 Å². The van der Waals surface area contributed by atoms with Gasteiger partial charge in [0.05, 0.1) is 6.54 Å². The number of fused-ring (bicyclic) bond motifs is 1. The van der Waals surface area contributed by atoms with Crippen LogP contribution in [-0.4, -0.2) is 28.3 Å². The normalized spacial score (nSPS) is 18.8. The summed E-state index contributed by atoms with van der Waals surface area (Å²) in [5.41, 5.74) is 4.49. The van der Waals surface area contributed by atoms with Crippen molar-refractivity contribution < 1.29 is 4.79 Å². The fraction of sp³-hybridized carbons (Fsp3) is 0.471. The van der Waals surface area contributed by atoms with Crippen LogP contribution in [0.1, 0.15) is 45.2 Å². The van der Waals surface area contributed by atoms with Crippen molar-refractivity contribution in [1.82, 2.24) is 9.47 Å². The molecule has 0 aromatic carbocycles. The van der Waals surface area contributed by atoms with Crippen molar-refractivity contribution in [2.75, 3.05) is 13.1 Å². The Labute approximate surface area is 130 Å². The summed E-state index contributed by atoms with van der Waals surface area (Å²) in [6, 6.07) is 4.57. The number of Topliss-reactive ketones (excluding diaryl/α,β-unsaturated/α-hetero) is 1. The number of aryl methyl sites for hydroxylation is 1. The number of ketones is 1. The van der Waals surface area contributed by atoms with Crippen LogP contribution in [0.15, 0.2) is 17.5 Å². The number of aromatic nitrogens is 1. The van der Waals surface area contributed by atoms with E-state index in [0.717, 1.165) is 29.9 Å². The molecule has 0 N–H and O–H groups in total. The average molecular weight is 302 g/mol. The summed E-state index contributed by atoms with van der Waals surface area (Å²) in [6.45, 7) is 7.77. The van der Waals surface area contributed by atoms with E-state index in [1.54, 1.807) is 0 Å². The first-order valence-electron chi connectivity index (χ1n) is 7.45. The Morgan fingerprint density at radius 3 is 2.86 bits per heavy atom. The summed E-state index contributed by atoms with van der Waals surface area (Å²) in [5, 5.41) is 2.16. The van der Waals surface area contributed by atoms with Gasteiger partial charge in [-0.2, -0.15) is 0 Å². The van der Waals surface area contributed by atoms with E-state index in [1.807, 2.05) is 38.3 Å². The fourth-order valence-corrected chi connectivity index (χ4v) is 4.15. The number of carbonyl (C=O) groups excluding carboxylic acids is 1. The predicted octanol–water partition coefficient (Wildman–Crippen LogP) is 3.51. The van der Waals surface area contributed by atoms with Crippen LogP contribution >= 0.6 is 11.3 Å². The average Bonchev–Trinajstić information content (AvgIpc) is 3.03. The van der Waals surface area contributed by atoms with Gasteiger partial charge in [-0.25, -0.2) is 0 Å². The molecule has 21 heavy (non-hydrogen) atoms. The summed E-state index contributed by atoms with van der Waals surface area (Å²) in [5.74, 6) is 0.238. The highest BCUT2D eigenvalue weighted by molar-refractivity contribution is 7.10. The van der Waals surface area contributed by atoms with E-state index in [4.69, 9.17) is 0 Å². The largest absolute Gasteiger partial charge is 0.351 e. The van der Waals surface area contributed by atoms with Gasteiger partial charge in [-0.15, -0.1) is 11.3 Å². The molecule has 2 aromatic rings. The van der Waals surface area contributed by atoms with Gasteiger partial charge in [-0.05, 0) is 50.3 Å². The predicted molar refractivity (Wildman–Crippen MR) is 87.2 cm³/mol. The summed E-state index contributed by atoms with van der Waals surface area (Å²) < 4.78 is 2.09. The highest BCUT2D eigenvalue weighted by Gasteiger charge is 2.27. The minimum Gasteiger partial charge on any atom is -0.351 e. The number of nitrogens with zero attached hydrogens (tertiary/aromatic N) is 2. The first-order valence-corrected chi connectivity index (χ1v) is 8.33. The lowest BCUT2D eigenvalue weighted by molar-refractivity contribution is 0.0891. The van der Waals surface area contributed by atoms with Gasteiger partial charge in [-0.3, -0.25) is 9.69 Å². The maximum absolute atomic E-state index is 12.6. The first kappa shape index (κ1) is 14.5. The molecule has 0 fully saturated rings. The van der Waals surface area contributed by atoms with Crippen molar-refractivity contribution in [1.29, 1.82) is 0 Å². The van der Waals surface area contributed by atoms with Crippen LogP contribution in [0.2, 0.25) is 0 Å². The highest BCUT2D eigenvalue weighted by atomic mass is 32.1. The Morgan fingerprint density at radius 1 is 1.43 bits per heavy atom. The fourth-order valence-electron chi connectivity index (χ4n) is 3.18. The van der Waals surface area contributed by atoms with E-state index in [9.17, 15) is 4.79 Å². The lowest BCUT2D eigenvalue weighted by Crippen LogP contribution is -2.37. The molecule has 4 heteroatoms. The van der Waals surface area contributed by atoms with Gasteiger partial charge in [0, 0.05) is 41.5 Å². The van der Waals surface area contributed by atoms with Gasteiger partial charge in [0.15, 0.2) is 5.78 Å². The number of hydrogen-bond acceptors (Lipinski definition) is 3. The van der Waals surface area contributed by atoms with Crippen molar-refractivity contribution in [3.8, 4) is 0 Å². The molecule has 0 radical (unpaired) electrons. The van der Waals surface area contributed by atoms with Gasteiger partial charge in [0.1, 0.15) is 0 Å². The number of hydrogen-bond donors (Lipinski definition) is 0. The van der Waals surface area contributed by atoms with Crippen LogP contribution in [0.3, 0.4) is 0 Å². The summed E-state index contributed by atoms with van der Waals surface area (Å²) in [7, 11) is 2.02. The van der Waals surface area contributed by atoms with Crippen molar-refractivity contribution in [3.05, 3.63) is 44.9 Å². The third-order valence-corrected chi connectivity index (χ3v) is 5.82. The van der Waals surface area contributed by atoms with Gasteiger partial charge in [0.2, 0.25) is 0 Å². The monoisotopic (exact) mass is 302 g/mol. The highest BCUT2D eigenvalue weighted by Crippen LogP contribution is 2.32. The smallest absolute Gasteiger partial charge is 0.178 e. The van der Waals surface area contributed by atoms with E-state index in [0.29, 0.717) is 12.6 Å². The molecule has 0 saturated carbocycles. The van der Waals surface area contributed by atoms with Crippen LogP contribution < -0.4 is 0 Å². The molecule has 3 nitrogen and oxygen atoms in total. The Hall–Kier alpha value is -1.39. The summed E-state index contributed by atoms with van der Waals surface area (Å²) in [4.78, 5) is 16.4. The molecular formula is C17H22N2OS. The summed E-state index contributed by atoms with van der Waals surface area (Å²) >= 11 is 1.84. The second-order valence-electron chi connectivity index (χ2n) is 5.96. The number of thiophene rings is 1.